The molecule has 7 heteroatoms. The average molecular weight is 332 g/mol. The number of hydrogen-bond donors (Lipinski definition) is 1. The van der Waals surface area contributed by atoms with Gasteiger partial charge >= 0.3 is 0 Å². The van der Waals surface area contributed by atoms with Crippen molar-refractivity contribution in [1.82, 2.24) is 9.55 Å². The highest BCUT2D eigenvalue weighted by atomic mass is 32.2. The van der Waals surface area contributed by atoms with E-state index in [1.807, 2.05) is 42.1 Å². The number of rotatable bonds is 5. The van der Waals surface area contributed by atoms with E-state index in [0.29, 0.717) is 5.75 Å². The molecule has 0 radical (unpaired) electrons. The van der Waals surface area contributed by atoms with Gasteiger partial charge in [0.1, 0.15) is 0 Å². The second-order valence-electron chi connectivity index (χ2n) is 5.30. The lowest BCUT2D eigenvalue weighted by molar-refractivity contribution is -0.113. The zero-order valence-corrected chi connectivity index (χ0v) is 13.9. The molecule has 2 aromatic rings. The summed E-state index contributed by atoms with van der Waals surface area (Å²) < 4.78 is 7.25. The lowest BCUT2D eigenvalue weighted by Crippen LogP contribution is -2.36. The fraction of sp³-hybridized carbons (Fsp3) is 0.375. The van der Waals surface area contributed by atoms with Gasteiger partial charge < -0.3 is 19.5 Å². The number of morpholine rings is 1. The van der Waals surface area contributed by atoms with Crippen molar-refractivity contribution in [2.24, 2.45) is 7.05 Å². The first-order chi connectivity index (χ1) is 11.2. The molecule has 0 atom stereocenters. The summed E-state index contributed by atoms with van der Waals surface area (Å²) in [7, 11) is 1.91. The number of carbonyl (C=O) groups is 1. The van der Waals surface area contributed by atoms with Gasteiger partial charge in [-0.05, 0) is 24.3 Å². The molecule has 3 rings (SSSR count). The molecule has 0 unspecified atom stereocenters. The normalized spacial score (nSPS) is 14.7. The monoisotopic (exact) mass is 332 g/mol. The quantitative estimate of drug-likeness (QED) is 0.849. The third kappa shape index (κ3) is 4.27. The Morgan fingerprint density at radius 2 is 2.04 bits per heavy atom. The maximum absolute atomic E-state index is 12.0. The molecule has 122 valence electrons. The van der Waals surface area contributed by atoms with Gasteiger partial charge in [0.05, 0.1) is 19.0 Å². The minimum absolute atomic E-state index is 0.0304. The number of carbonyl (C=O) groups excluding carboxylic acids is 1. The summed E-state index contributed by atoms with van der Waals surface area (Å²) in [4.78, 5) is 18.5. The van der Waals surface area contributed by atoms with Crippen molar-refractivity contribution in [3.05, 3.63) is 36.7 Å². The fourth-order valence-corrected chi connectivity index (χ4v) is 3.13. The Balaban J connectivity index is 1.51. The molecule has 0 aliphatic carbocycles. The Morgan fingerprint density at radius 1 is 1.30 bits per heavy atom. The number of ether oxygens (including phenoxy) is 1. The molecule has 1 fully saturated rings. The molecule has 1 aromatic heterocycles. The summed E-state index contributed by atoms with van der Waals surface area (Å²) in [6.07, 6.45) is 3.59. The van der Waals surface area contributed by atoms with Gasteiger partial charge in [0.25, 0.3) is 0 Å². The first-order valence-corrected chi connectivity index (χ1v) is 8.54. The van der Waals surface area contributed by atoms with Crippen LogP contribution in [-0.2, 0) is 16.6 Å². The van der Waals surface area contributed by atoms with Crippen LogP contribution in [0.2, 0.25) is 0 Å². The number of hydrogen-bond acceptors (Lipinski definition) is 5. The molecule has 0 saturated carbocycles. The predicted octanol–water partition coefficient (Wildman–Crippen LogP) is 1.99. The molecule has 0 bridgehead atoms. The SMILES string of the molecule is Cn1ccnc1SCC(=O)Nc1ccc(N2CCOCC2)cc1. The minimum atomic E-state index is -0.0304. The third-order valence-corrected chi connectivity index (χ3v) is 4.69. The molecule has 1 amide bonds. The van der Waals surface area contributed by atoms with E-state index in [0.717, 1.165) is 42.8 Å². The van der Waals surface area contributed by atoms with Crippen molar-refractivity contribution >= 4 is 29.0 Å². The molecule has 1 aliphatic heterocycles. The molecule has 1 saturated heterocycles. The van der Waals surface area contributed by atoms with E-state index < -0.39 is 0 Å². The number of anilines is 2. The summed E-state index contributed by atoms with van der Waals surface area (Å²) in [6, 6.07) is 7.95. The Bertz CT molecular complexity index is 650. The standard InChI is InChI=1S/C16H20N4O2S/c1-19-7-6-17-16(19)23-12-15(21)18-13-2-4-14(5-3-13)20-8-10-22-11-9-20/h2-7H,8-12H2,1H3,(H,18,21). The largest absolute Gasteiger partial charge is 0.378 e. The molecular formula is C16H20N4O2S. The minimum Gasteiger partial charge on any atom is -0.378 e. The van der Waals surface area contributed by atoms with Gasteiger partial charge in [-0.1, -0.05) is 11.8 Å². The van der Waals surface area contributed by atoms with Gasteiger partial charge in [-0.2, -0.15) is 0 Å². The lowest BCUT2D eigenvalue weighted by Gasteiger charge is -2.28. The number of nitrogens with one attached hydrogen (secondary N) is 1. The highest BCUT2D eigenvalue weighted by Gasteiger charge is 2.11. The number of amides is 1. The number of imidazole rings is 1. The highest BCUT2D eigenvalue weighted by Crippen LogP contribution is 2.20. The van der Waals surface area contributed by atoms with E-state index in [1.165, 1.54) is 11.8 Å². The molecule has 2 heterocycles. The van der Waals surface area contributed by atoms with Crippen LogP contribution in [0.25, 0.3) is 0 Å². The van der Waals surface area contributed by atoms with Crippen LogP contribution in [0.3, 0.4) is 0 Å². The topological polar surface area (TPSA) is 59.4 Å². The number of aryl methyl sites for hydroxylation is 1. The van der Waals surface area contributed by atoms with Gasteiger partial charge in [-0.3, -0.25) is 4.79 Å². The van der Waals surface area contributed by atoms with Crippen molar-refractivity contribution in [3.8, 4) is 0 Å². The Kier molecular flexibility index (Phi) is 5.19. The maximum Gasteiger partial charge on any atom is 0.234 e. The number of aromatic nitrogens is 2. The zero-order chi connectivity index (χ0) is 16.1. The summed E-state index contributed by atoms with van der Waals surface area (Å²) in [6.45, 7) is 3.35. The van der Waals surface area contributed by atoms with Crippen LogP contribution < -0.4 is 10.2 Å². The number of benzene rings is 1. The van der Waals surface area contributed by atoms with Crippen LogP contribution in [0.1, 0.15) is 0 Å². The summed E-state index contributed by atoms with van der Waals surface area (Å²) in [5, 5.41) is 3.75. The van der Waals surface area contributed by atoms with Crippen molar-refractivity contribution in [1.29, 1.82) is 0 Å². The van der Waals surface area contributed by atoms with Crippen LogP contribution in [0.5, 0.6) is 0 Å². The van der Waals surface area contributed by atoms with E-state index in [9.17, 15) is 4.79 Å². The first kappa shape index (κ1) is 15.9. The molecule has 0 spiro atoms. The van der Waals surface area contributed by atoms with Crippen molar-refractivity contribution in [2.75, 3.05) is 42.3 Å². The second-order valence-corrected chi connectivity index (χ2v) is 6.25. The Hall–Kier alpha value is -1.99. The third-order valence-electron chi connectivity index (χ3n) is 3.64. The van der Waals surface area contributed by atoms with Gasteiger partial charge in [0.15, 0.2) is 5.16 Å². The van der Waals surface area contributed by atoms with Crippen molar-refractivity contribution in [2.45, 2.75) is 5.16 Å². The van der Waals surface area contributed by atoms with Crippen LogP contribution in [0.15, 0.2) is 41.8 Å². The van der Waals surface area contributed by atoms with E-state index in [2.05, 4.69) is 15.2 Å². The van der Waals surface area contributed by atoms with Gasteiger partial charge in [-0.25, -0.2) is 4.98 Å². The smallest absolute Gasteiger partial charge is 0.234 e. The van der Waals surface area contributed by atoms with Crippen molar-refractivity contribution in [3.63, 3.8) is 0 Å². The maximum atomic E-state index is 12.0. The molecule has 23 heavy (non-hydrogen) atoms. The van der Waals surface area contributed by atoms with E-state index in [4.69, 9.17) is 4.74 Å². The number of thioether (sulfide) groups is 1. The van der Waals surface area contributed by atoms with Gasteiger partial charge in [-0.15, -0.1) is 0 Å². The molecule has 1 N–H and O–H groups in total. The predicted molar refractivity (Wildman–Crippen MR) is 92.0 cm³/mol. The molecule has 1 aliphatic rings. The lowest BCUT2D eigenvalue weighted by atomic mass is 10.2. The molecule has 6 nitrogen and oxygen atoms in total. The van der Waals surface area contributed by atoms with Crippen molar-refractivity contribution < 1.29 is 9.53 Å². The van der Waals surface area contributed by atoms with Crippen LogP contribution >= 0.6 is 11.8 Å². The Morgan fingerprint density at radius 3 is 2.70 bits per heavy atom. The fourth-order valence-electron chi connectivity index (χ4n) is 2.40. The van der Waals surface area contributed by atoms with Crippen LogP contribution in [0.4, 0.5) is 11.4 Å². The van der Waals surface area contributed by atoms with E-state index in [1.54, 1.807) is 6.20 Å². The molecular weight excluding hydrogens is 312 g/mol. The second kappa shape index (κ2) is 7.52. The van der Waals surface area contributed by atoms with E-state index >= 15 is 0 Å². The summed E-state index contributed by atoms with van der Waals surface area (Å²) in [5.41, 5.74) is 1.97. The van der Waals surface area contributed by atoms with Crippen LogP contribution in [0, 0.1) is 0 Å². The van der Waals surface area contributed by atoms with Gasteiger partial charge in [0, 0.05) is 43.9 Å². The summed E-state index contributed by atoms with van der Waals surface area (Å²) >= 11 is 1.42. The van der Waals surface area contributed by atoms with Crippen LogP contribution in [-0.4, -0.2) is 47.5 Å². The van der Waals surface area contributed by atoms with Gasteiger partial charge in [0.2, 0.25) is 5.91 Å². The highest BCUT2D eigenvalue weighted by molar-refractivity contribution is 7.99. The Labute approximate surface area is 139 Å². The first-order valence-electron chi connectivity index (χ1n) is 7.55. The number of nitrogens with zero attached hydrogens (tertiary/aromatic N) is 3. The molecule has 1 aromatic carbocycles. The zero-order valence-electron chi connectivity index (χ0n) is 13.1. The summed E-state index contributed by atoms with van der Waals surface area (Å²) in [5.74, 6) is 0.313. The van der Waals surface area contributed by atoms with E-state index in [-0.39, 0.29) is 5.91 Å². The average Bonchev–Trinajstić information content (AvgIpc) is 3.00.